The van der Waals surface area contributed by atoms with Crippen LogP contribution in [-0.2, 0) is 9.59 Å². The molecule has 3 fully saturated rings. The Morgan fingerprint density at radius 1 is 1.21 bits per heavy atom. The van der Waals surface area contributed by atoms with Crippen molar-refractivity contribution in [3.05, 3.63) is 0 Å². The quantitative estimate of drug-likeness (QED) is 0.565. The molecule has 6 nitrogen and oxygen atoms in total. The van der Waals surface area contributed by atoms with Crippen molar-refractivity contribution in [1.29, 1.82) is 0 Å². The summed E-state index contributed by atoms with van der Waals surface area (Å²) < 4.78 is 0.751. The number of hydrogen-bond acceptors (Lipinski definition) is 6. The number of thioether (sulfide) groups is 1. The lowest BCUT2D eigenvalue weighted by molar-refractivity contribution is -0.119. The fraction of sp³-hybridized carbons (Fsp3) is 0.750. The van der Waals surface area contributed by atoms with Crippen LogP contribution < -0.4 is 10.2 Å². The summed E-state index contributed by atoms with van der Waals surface area (Å²) in [5.41, 5.74) is 0. The van der Waals surface area contributed by atoms with Crippen LogP contribution in [0.1, 0.15) is 45.4 Å². The van der Waals surface area contributed by atoms with Gasteiger partial charge in [0, 0.05) is 19.0 Å². The molecule has 1 N–H and O–H groups in total. The minimum absolute atomic E-state index is 0.0136. The molecule has 1 aromatic heterocycles. The normalized spacial score (nSPS) is 20.2. The Labute approximate surface area is 149 Å². The Morgan fingerprint density at radius 3 is 2.42 bits per heavy atom. The molecule has 1 heterocycles. The van der Waals surface area contributed by atoms with Crippen LogP contribution in [0.15, 0.2) is 4.34 Å². The number of carbonyl (C=O) groups excluding carboxylic acids is 2. The van der Waals surface area contributed by atoms with Crippen molar-refractivity contribution in [1.82, 2.24) is 15.5 Å². The molecule has 1 aromatic rings. The molecular formula is C16H22N4O2S2. The number of anilines is 1. The molecule has 0 saturated heterocycles. The summed E-state index contributed by atoms with van der Waals surface area (Å²) in [5, 5.41) is 12.1. The van der Waals surface area contributed by atoms with E-state index in [1.165, 1.54) is 48.8 Å². The van der Waals surface area contributed by atoms with E-state index in [1.807, 2.05) is 0 Å². The highest BCUT2D eigenvalue weighted by molar-refractivity contribution is 8.01. The first-order chi connectivity index (χ1) is 11.6. The van der Waals surface area contributed by atoms with E-state index in [0.29, 0.717) is 28.8 Å². The van der Waals surface area contributed by atoms with Gasteiger partial charge in [0.25, 0.3) is 0 Å². The van der Waals surface area contributed by atoms with Crippen LogP contribution in [0.3, 0.4) is 0 Å². The zero-order valence-corrected chi connectivity index (χ0v) is 15.4. The topological polar surface area (TPSA) is 75.2 Å². The van der Waals surface area contributed by atoms with Gasteiger partial charge in [-0.05, 0) is 50.4 Å². The molecule has 130 valence electrons. The molecule has 3 saturated carbocycles. The first-order valence-corrected chi connectivity index (χ1v) is 10.5. The van der Waals surface area contributed by atoms with Crippen molar-refractivity contribution in [2.24, 2.45) is 11.8 Å². The Hall–Kier alpha value is -1.15. The molecule has 0 spiro atoms. The van der Waals surface area contributed by atoms with Crippen LogP contribution >= 0.6 is 23.1 Å². The molecule has 3 aliphatic carbocycles. The van der Waals surface area contributed by atoms with E-state index in [-0.39, 0.29) is 17.9 Å². The van der Waals surface area contributed by atoms with Gasteiger partial charge in [-0.25, -0.2) is 0 Å². The summed E-state index contributed by atoms with van der Waals surface area (Å²) >= 11 is 2.81. The first-order valence-electron chi connectivity index (χ1n) is 8.67. The van der Waals surface area contributed by atoms with Crippen LogP contribution in [-0.4, -0.2) is 39.8 Å². The highest BCUT2D eigenvalue weighted by Gasteiger charge is 2.42. The SMILES string of the molecule is CC(=O)N(c1nnc(SCC(=O)NC(C2CC2)C2CC2)s1)C1CC1. The van der Waals surface area contributed by atoms with E-state index in [4.69, 9.17) is 0 Å². The molecule has 8 heteroatoms. The summed E-state index contributed by atoms with van der Waals surface area (Å²) in [6.45, 7) is 1.57. The second-order valence-corrected chi connectivity index (χ2v) is 9.21. The van der Waals surface area contributed by atoms with Crippen molar-refractivity contribution in [2.75, 3.05) is 10.7 Å². The molecule has 0 aliphatic heterocycles. The van der Waals surface area contributed by atoms with E-state index in [1.54, 1.807) is 11.8 Å². The second kappa shape index (κ2) is 6.63. The molecule has 0 aromatic carbocycles. The third-order valence-corrected chi connectivity index (χ3v) is 6.82. The van der Waals surface area contributed by atoms with Crippen molar-refractivity contribution in [3.8, 4) is 0 Å². The average Bonchev–Trinajstić information content (AvgIpc) is 3.40. The van der Waals surface area contributed by atoms with Crippen LogP contribution in [0, 0.1) is 11.8 Å². The average molecular weight is 367 g/mol. The maximum atomic E-state index is 12.2. The maximum absolute atomic E-state index is 12.2. The van der Waals surface area contributed by atoms with E-state index in [0.717, 1.165) is 17.2 Å². The van der Waals surface area contributed by atoms with Gasteiger partial charge in [0.15, 0.2) is 4.34 Å². The summed E-state index contributed by atoms with van der Waals surface area (Å²) in [4.78, 5) is 25.7. The number of amides is 2. The molecule has 0 bridgehead atoms. The predicted octanol–water partition coefficient (Wildman–Crippen LogP) is 2.45. The van der Waals surface area contributed by atoms with Crippen molar-refractivity contribution < 1.29 is 9.59 Å². The molecule has 0 atom stereocenters. The lowest BCUT2D eigenvalue weighted by atomic mass is 10.1. The maximum Gasteiger partial charge on any atom is 0.230 e. The zero-order valence-electron chi connectivity index (χ0n) is 13.7. The molecule has 4 rings (SSSR count). The van der Waals surface area contributed by atoms with Crippen molar-refractivity contribution >= 4 is 40.0 Å². The fourth-order valence-electron chi connectivity index (χ4n) is 3.13. The predicted molar refractivity (Wildman–Crippen MR) is 94.2 cm³/mol. The van der Waals surface area contributed by atoms with E-state index < -0.39 is 0 Å². The number of carbonyl (C=O) groups is 2. The van der Waals surface area contributed by atoms with Crippen LogP contribution in [0.4, 0.5) is 5.13 Å². The number of hydrogen-bond donors (Lipinski definition) is 1. The zero-order chi connectivity index (χ0) is 16.7. The number of nitrogens with one attached hydrogen (secondary N) is 1. The largest absolute Gasteiger partial charge is 0.352 e. The first kappa shape index (κ1) is 16.3. The highest BCUT2D eigenvalue weighted by atomic mass is 32.2. The van der Waals surface area contributed by atoms with Gasteiger partial charge in [-0.3, -0.25) is 14.5 Å². The molecule has 0 unspecified atom stereocenters. The van der Waals surface area contributed by atoms with Gasteiger partial charge >= 0.3 is 0 Å². The highest BCUT2D eigenvalue weighted by Crippen LogP contribution is 2.44. The van der Waals surface area contributed by atoms with E-state index in [2.05, 4.69) is 15.5 Å². The Morgan fingerprint density at radius 2 is 1.88 bits per heavy atom. The van der Waals surface area contributed by atoms with Crippen LogP contribution in [0.25, 0.3) is 0 Å². The fourth-order valence-corrected chi connectivity index (χ4v) is 4.89. The molecular weight excluding hydrogens is 344 g/mol. The Kier molecular flexibility index (Phi) is 4.51. The van der Waals surface area contributed by atoms with Gasteiger partial charge in [-0.1, -0.05) is 23.1 Å². The molecule has 3 aliphatic rings. The van der Waals surface area contributed by atoms with Crippen LogP contribution in [0.2, 0.25) is 0 Å². The third kappa shape index (κ3) is 3.91. The lowest BCUT2D eigenvalue weighted by Crippen LogP contribution is -2.39. The third-order valence-electron chi connectivity index (χ3n) is 4.77. The van der Waals surface area contributed by atoms with Crippen molar-refractivity contribution in [2.45, 2.75) is 61.9 Å². The van der Waals surface area contributed by atoms with Gasteiger partial charge in [0.05, 0.1) is 5.75 Å². The van der Waals surface area contributed by atoms with Gasteiger partial charge in [0.2, 0.25) is 16.9 Å². The summed E-state index contributed by atoms with van der Waals surface area (Å²) in [6.07, 6.45) is 7.11. The molecule has 2 amide bonds. The van der Waals surface area contributed by atoms with E-state index in [9.17, 15) is 9.59 Å². The summed E-state index contributed by atoms with van der Waals surface area (Å²) in [6, 6.07) is 0.681. The van der Waals surface area contributed by atoms with Gasteiger partial charge < -0.3 is 5.32 Å². The van der Waals surface area contributed by atoms with E-state index >= 15 is 0 Å². The summed E-state index contributed by atoms with van der Waals surface area (Å²) in [5.74, 6) is 1.89. The summed E-state index contributed by atoms with van der Waals surface area (Å²) in [7, 11) is 0. The van der Waals surface area contributed by atoms with Gasteiger partial charge in [-0.2, -0.15) is 0 Å². The van der Waals surface area contributed by atoms with Crippen molar-refractivity contribution in [3.63, 3.8) is 0 Å². The lowest BCUT2D eigenvalue weighted by Gasteiger charge is -2.17. The number of rotatable bonds is 8. The molecule has 0 radical (unpaired) electrons. The minimum atomic E-state index is 0.0136. The second-order valence-electron chi connectivity index (χ2n) is 7.03. The smallest absolute Gasteiger partial charge is 0.230 e. The molecule has 24 heavy (non-hydrogen) atoms. The monoisotopic (exact) mass is 366 g/mol. The Bertz CT molecular complexity index is 626. The number of aromatic nitrogens is 2. The van der Waals surface area contributed by atoms with Crippen LogP contribution in [0.5, 0.6) is 0 Å². The number of nitrogens with zero attached hydrogens (tertiary/aromatic N) is 3. The minimum Gasteiger partial charge on any atom is -0.352 e. The van der Waals surface area contributed by atoms with Gasteiger partial charge in [0.1, 0.15) is 0 Å². The van der Waals surface area contributed by atoms with Gasteiger partial charge in [-0.15, -0.1) is 10.2 Å². The standard InChI is InChI=1S/C16H22N4O2S2/c1-9(21)20(12-6-7-12)15-18-19-16(24-15)23-8-13(22)17-14(10-2-3-10)11-4-5-11/h10-12,14H,2-8H2,1H3,(H,17,22). The Balaban J connectivity index is 1.29.